The molecule has 0 saturated heterocycles. The zero-order valence-electron chi connectivity index (χ0n) is 13.8. The Bertz CT molecular complexity index is 693. The van der Waals surface area contributed by atoms with Crippen molar-refractivity contribution in [1.29, 1.82) is 0 Å². The maximum absolute atomic E-state index is 12.6. The Morgan fingerprint density at radius 3 is 2.43 bits per heavy atom. The average molecular weight is 330 g/mol. The molecule has 1 atom stereocenters. The van der Waals surface area contributed by atoms with Gasteiger partial charge in [-0.2, -0.15) is 0 Å². The van der Waals surface area contributed by atoms with E-state index in [4.69, 9.17) is 0 Å². The Kier molecular flexibility index (Phi) is 5.55. The highest BCUT2D eigenvalue weighted by Gasteiger charge is 2.25. The van der Waals surface area contributed by atoms with Gasteiger partial charge in [0.2, 0.25) is 5.91 Å². The zero-order chi connectivity index (χ0) is 17.0. The van der Waals surface area contributed by atoms with Crippen LogP contribution in [0.3, 0.4) is 0 Å². The Balaban J connectivity index is 2.10. The average Bonchev–Trinajstić information content (AvgIpc) is 3.01. The number of aryl methyl sites for hydroxylation is 2. The number of amides is 2. The van der Waals surface area contributed by atoms with Crippen molar-refractivity contribution < 1.29 is 9.59 Å². The fourth-order valence-corrected chi connectivity index (χ4v) is 2.95. The van der Waals surface area contributed by atoms with E-state index in [2.05, 4.69) is 10.6 Å². The first-order valence-electron chi connectivity index (χ1n) is 7.61. The van der Waals surface area contributed by atoms with E-state index in [1.165, 1.54) is 11.3 Å². The van der Waals surface area contributed by atoms with E-state index in [1.807, 2.05) is 57.3 Å². The van der Waals surface area contributed by atoms with Crippen molar-refractivity contribution in [3.8, 4) is 0 Å². The second-order valence-electron chi connectivity index (χ2n) is 5.98. The SMILES string of the molecule is Cc1ccc(NC(=O)[C@@H](NC(=O)c2cccs2)C(C)C)c(C)c1. The van der Waals surface area contributed by atoms with Crippen LogP contribution >= 0.6 is 11.3 Å². The number of rotatable bonds is 5. The van der Waals surface area contributed by atoms with Gasteiger partial charge < -0.3 is 10.6 Å². The number of benzene rings is 1. The first-order chi connectivity index (χ1) is 10.9. The van der Waals surface area contributed by atoms with Crippen molar-refractivity contribution in [1.82, 2.24) is 5.32 Å². The molecule has 0 radical (unpaired) electrons. The van der Waals surface area contributed by atoms with Crippen LogP contribution in [0.5, 0.6) is 0 Å². The maximum Gasteiger partial charge on any atom is 0.262 e. The van der Waals surface area contributed by atoms with E-state index in [9.17, 15) is 9.59 Å². The van der Waals surface area contributed by atoms with Crippen LogP contribution in [-0.2, 0) is 4.79 Å². The molecule has 0 aliphatic heterocycles. The van der Waals surface area contributed by atoms with Gasteiger partial charge in [-0.25, -0.2) is 0 Å². The van der Waals surface area contributed by atoms with Gasteiger partial charge in [0.05, 0.1) is 4.88 Å². The van der Waals surface area contributed by atoms with Crippen molar-refractivity contribution in [3.05, 3.63) is 51.7 Å². The van der Waals surface area contributed by atoms with Crippen LogP contribution in [-0.4, -0.2) is 17.9 Å². The summed E-state index contributed by atoms with van der Waals surface area (Å²) >= 11 is 1.36. The molecule has 5 heteroatoms. The second-order valence-corrected chi connectivity index (χ2v) is 6.93. The number of hydrogen-bond donors (Lipinski definition) is 2. The molecule has 0 unspecified atom stereocenters. The van der Waals surface area contributed by atoms with Crippen molar-refractivity contribution in [3.63, 3.8) is 0 Å². The minimum atomic E-state index is -0.578. The molecule has 0 saturated carbocycles. The smallest absolute Gasteiger partial charge is 0.262 e. The lowest BCUT2D eigenvalue weighted by Crippen LogP contribution is -2.47. The van der Waals surface area contributed by atoms with E-state index in [-0.39, 0.29) is 17.7 Å². The Labute approximate surface area is 140 Å². The lowest BCUT2D eigenvalue weighted by molar-refractivity contribution is -0.118. The van der Waals surface area contributed by atoms with Crippen LogP contribution in [0.1, 0.15) is 34.6 Å². The Morgan fingerprint density at radius 2 is 1.87 bits per heavy atom. The number of thiophene rings is 1. The molecule has 0 aliphatic carbocycles. The van der Waals surface area contributed by atoms with Gasteiger partial charge >= 0.3 is 0 Å². The number of nitrogens with one attached hydrogen (secondary N) is 2. The highest BCUT2D eigenvalue weighted by molar-refractivity contribution is 7.12. The van der Waals surface area contributed by atoms with Crippen molar-refractivity contribution >= 4 is 28.8 Å². The summed E-state index contributed by atoms with van der Waals surface area (Å²) in [6, 6.07) is 8.85. The summed E-state index contributed by atoms with van der Waals surface area (Å²) in [5.74, 6) is -0.420. The molecule has 2 N–H and O–H groups in total. The summed E-state index contributed by atoms with van der Waals surface area (Å²) in [7, 11) is 0. The number of carbonyl (C=O) groups is 2. The molecule has 2 rings (SSSR count). The molecular weight excluding hydrogens is 308 g/mol. The van der Waals surface area contributed by atoms with Gasteiger partial charge in [-0.1, -0.05) is 37.6 Å². The van der Waals surface area contributed by atoms with Crippen molar-refractivity contribution in [2.45, 2.75) is 33.7 Å². The van der Waals surface area contributed by atoms with Crippen LogP contribution in [0.25, 0.3) is 0 Å². The van der Waals surface area contributed by atoms with E-state index < -0.39 is 6.04 Å². The molecule has 0 bridgehead atoms. The summed E-state index contributed by atoms with van der Waals surface area (Å²) < 4.78 is 0. The third-order valence-electron chi connectivity index (χ3n) is 3.62. The van der Waals surface area contributed by atoms with E-state index in [0.29, 0.717) is 4.88 Å². The molecule has 122 valence electrons. The van der Waals surface area contributed by atoms with Crippen molar-refractivity contribution in [2.24, 2.45) is 5.92 Å². The molecular formula is C18H22N2O2S. The lowest BCUT2D eigenvalue weighted by atomic mass is 10.0. The topological polar surface area (TPSA) is 58.2 Å². The van der Waals surface area contributed by atoms with Gasteiger partial charge in [0.1, 0.15) is 6.04 Å². The fourth-order valence-electron chi connectivity index (χ4n) is 2.32. The molecule has 4 nitrogen and oxygen atoms in total. The minimum Gasteiger partial charge on any atom is -0.339 e. The molecule has 0 spiro atoms. The molecule has 1 aromatic carbocycles. The number of carbonyl (C=O) groups excluding carboxylic acids is 2. The molecule has 1 aromatic heterocycles. The first kappa shape index (κ1) is 17.2. The number of hydrogen-bond acceptors (Lipinski definition) is 3. The third kappa shape index (κ3) is 4.42. The minimum absolute atomic E-state index is 0.00957. The third-order valence-corrected chi connectivity index (χ3v) is 4.49. The van der Waals surface area contributed by atoms with Crippen molar-refractivity contribution in [2.75, 3.05) is 5.32 Å². The Hall–Kier alpha value is -2.14. The van der Waals surface area contributed by atoms with Crippen LogP contribution in [0.2, 0.25) is 0 Å². The number of anilines is 1. The highest BCUT2D eigenvalue weighted by Crippen LogP contribution is 2.17. The molecule has 2 amide bonds. The van der Waals surface area contributed by atoms with Crippen LogP contribution in [0.4, 0.5) is 5.69 Å². The molecule has 1 heterocycles. The maximum atomic E-state index is 12.6. The zero-order valence-corrected chi connectivity index (χ0v) is 14.7. The molecule has 2 aromatic rings. The van der Waals surface area contributed by atoms with Gasteiger partial charge in [0.25, 0.3) is 5.91 Å². The lowest BCUT2D eigenvalue weighted by Gasteiger charge is -2.22. The van der Waals surface area contributed by atoms with E-state index >= 15 is 0 Å². The predicted octanol–water partition coefficient (Wildman–Crippen LogP) is 3.76. The summed E-state index contributed by atoms with van der Waals surface area (Å²) in [5, 5.41) is 7.59. The van der Waals surface area contributed by atoms with Gasteiger partial charge in [0, 0.05) is 5.69 Å². The highest BCUT2D eigenvalue weighted by atomic mass is 32.1. The fraction of sp³-hybridized carbons (Fsp3) is 0.333. The quantitative estimate of drug-likeness (QED) is 0.877. The first-order valence-corrected chi connectivity index (χ1v) is 8.49. The molecule has 0 fully saturated rings. The van der Waals surface area contributed by atoms with Gasteiger partial charge in [-0.05, 0) is 42.8 Å². The second kappa shape index (κ2) is 7.42. The summed E-state index contributed by atoms with van der Waals surface area (Å²) in [6.07, 6.45) is 0. The van der Waals surface area contributed by atoms with E-state index in [1.54, 1.807) is 6.07 Å². The summed E-state index contributed by atoms with van der Waals surface area (Å²) in [4.78, 5) is 25.4. The normalized spacial score (nSPS) is 12.0. The predicted molar refractivity (Wildman–Crippen MR) is 95.0 cm³/mol. The Morgan fingerprint density at radius 1 is 1.13 bits per heavy atom. The van der Waals surface area contributed by atoms with Gasteiger partial charge in [-0.15, -0.1) is 11.3 Å². The van der Waals surface area contributed by atoms with Gasteiger partial charge in [0.15, 0.2) is 0 Å². The van der Waals surface area contributed by atoms with Gasteiger partial charge in [-0.3, -0.25) is 9.59 Å². The standard InChI is InChI=1S/C18H22N2O2S/c1-11(2)16(20-17(21)15-6-5-9-23-15)18(22)19-14-8-7-12(3)10-13(14)4/h5-11,16H,1-4H3,(H,19,22)(H,20,21)/t16-/m0/s1. The largest absolute Gasteiger partial charge is 0.339 e. The molecule has 0 aliphatic rings. The summed E-state index contributed by atoms with van der Waals surface area (Å²) in [6.45, 7) is 7.80. The van der Waals surface area contributed by atoms with E-state index in [0.717, 1.165) is 16.8 Å². The monoisotopic (exact) mass is 330 g/mol. The van der Waals surface area contributed by atoms with Crippen LogP contribution in [0, 0.1) is 19.8 Å². The van der Waals surface area contributed by atoms with Crippen LogP contribution in [0.15, 0.2) is 35.7 Å². The summed E-state index contributed by atoms with van der Waals surface area (Å²) in [5.41, 5.74) is 2.92. The molecule has 23 heavy (non-hydrogen) atoms. The van der Waals surface area contributed by atoms with Crippen LogP contribution < -0.4 is 10.6 Å².